The summed E-state index contributed by atoms with van der Waals surface area (Å²) in [7, 11) is -1.63. The summed E-state index contributed by atoms with van der Waals surface area (Å²) < 4.78 is 25.5. The number of hydrogen-bond acceptors (Lipinski definition) is 4. The van der Waals surface area contributed by atoms with Crippen molar-refractivity contribution >= 4 is 15.9 Å². The van der Waals surface area contributed by atoms with Crippen molar-refractivity contribution in [2.75, 3.05) is 39.0 Å². The van der Waals surface area contributed by atoms with Gasteiger partial charge in [-0.05, 0) is 19.9 Å². The molecule has 1 unspecified atom stereocenters. The molecule has 1 amide bonds. The van der Waals surface area contributed by atoms with E-state index in [9.17, 15) is 13.2 Å². The van der Waals surface area contributed by atoms with Crippen LogP contribution in [0.3, 0.4) is 0 Å². The maximum Gasteiger partial charge on any atom is 0.239 e. The van der Waals surface area contributed by atoms with Crippen molar-refractivity contribution < 1.29 is 13.2 Å². The number of carbonyl (C=O) groups excluding carboxylic acids is 1. The molecular formula is C12H25N3O3S. The lowest BCUT2D eigenvalue weighted by atomic mass is 10.2. The lowest BCUT2D eigenvalue weighted by molar-refractivity contribution is -0.129. The minimum atomic E-state index is -3.48. The Kier molecular flexibility index (Phi) is 6.22. The van der Waals surface area contributed by atoms with Crippen molar-refractivity contribution in [1.82, 2.24) is 14.5 Å². The number of sulfonamides is 1. The molecule has 0 bridgehead atoms. The number of hydrogen-bond donors (Lipinski definition) is 1. The van der Waals surface area contributed by atoms with Gasteiger partial charge in [-0.1, -0.05) is 13.8 Å². The number of nitrogens with one attached hydrogen (secondary N) is 1. The first-order chi connectivity index (χ1) is 8.96. The van der Waals surface area contributed by atoms with Gasteiger partial charge < -0.3 is 10.2 Å². The third kappa shape index (κ3) is 4.15. The fourth-order valence-corrected chi connectivity index (χ4v) is 4.01. The Morgan fingerprint density at radius 1 is 1.37 bits per heavy atom. The molecule has 0 radical (unpaired) electrons. The molecule has 0 aromatic carbocycles. The van der Waals surface area contributed by atoms with Gasteiger partial charge in [0.25, 0.3) is 0 Å². The first-order valence-corrected chi connectivity index (χ1v) is 8.49. The molecule has 1 aliphatic rings. The lowest BCUT2D eigenvalue weighted by Gasteiger charge is -2.26. The van der Waals surface area contributed by atoms with Crippen molar-refractivity contribution in [2.45, 2.75) is 32.7 Å². The fraction of sp³-hybridized carbons (Fsp3) is 0.917. The summed E-state index contributed by atoms with van der Waals surface area (Å²) in [4.78, 5) is 13.9. The van der Waals surface area contributed by atoms with Crippen LogP contribution in [-0.2, 0) is 14.8 Å². The Labute approximate surface area is 116 Å². The maximum atomic E-state index is 12.2. The number of rotatable bonds is 7. The molecule has 0 aliphatic carbocycles. The second-order valence-corrected chi connectivity index (χ2v) is 6.75. The molecule has 1 N–H and O–H groups in total. The molecule has 1 heterocycles. The normalized spacial score (nSPS) is 20.2. The van der Waals surface area contributed by atoms with Crippen molar-refractivity contribution in [3.05, 3.63) is 0 Å². The van der Waals surface area contributed by atoms with Crippen molar-refractivity contribution in [3.8, 4) is 0 Å². The minimum absolute atomic E-state index is 0.129. The molecule has 112 valence electrons. The van der Waals surface area contributed by atoms with Gasteiger partial charge in [-0.3, -0.25) is 4.79 Å². The molecule has 19 heavy (non-hydrogen) atoms. The van der Waals surface area contributed by atoms with E-state index in [2.05, 4.69) is 5.32 Å². The Balaban J connectivity index is 2.68. The molecule has 0 saturated carbocycles. The fourth-order valence-electron chi connectivity index (χ4n) is 2.56. The summed E-state index contributed by atoms with van der Waals surface area (Å²) in [6.45, 7) is 5.77. The lowest BCUT2D eigenvalue weighted by Crippen LogP contribution is -2.45. The predicted octanol–water partition coefficient (Wildman–Crippen LogP) is -0.132. The highest BCUT2D eigenvalue weighted by molar-refractivity contribution is 7.89. The first kappa shape index (κ1) is 16.4. The Morgan fingerprint density at radius 3 is 2.53 bits per heavy atom. The minimum Gasteiger partial charge on any atom is -0.338 e. The van der Waals surface area contributed by atoms with E-state index in [0.29, 0.717) is 19.6 Å². The smallest absolute Gasteiger partial charge is 0.239 e. The summed E-state index contributed by atoms with van der Waals surface area (Å²) in [6, 6.07) is 0.129. The van der Waals surface area contributed by atoms with Gasteiger partial charge in [0.15, 0.2) is 0 Å². The number of nitrogens with zero attached hydrogens (tertiary/aromatic N) is 2. The van der Waals surface area contributed by atoms with Gasteiger partial charge in [0.2, 0.25) is 15.9 Å². The SMILES string of the molecule is CCN(CC)S(=O)(=O)CC(=O)N1CCCC1CNC. The number of carbonyl (C=O) groups is 1. The maximum absolute atomic E-state index is 12.2. The van der Waals surface area contributed by atoms with Gasteiger partial charge in [0.05, 0.1) is 0 Å². The molecule has 6 nitrogen and oxygen atoms in total. The third-order valence-electron chi connectivity index (χ3n) is 3.54. The standard InChI is InChI=1S/C12H25N3O3S/c1-4-14(5-2)19(17,18)10-12(16)15-8-6-7-11(15)9-13-3/h11,13H,4-10H2,1-3H3. The van der Waals surface area contributed by atoms with E-state index in [1.807, 2.05) is 7.05 Å². The largest absolute Gasteiger partial charge is 0.338 e. The zero-order valence-corrected chi connectivity index (χ0v) is 12.9. The van der Waals surface area contributed by atoms with E-state index in [1.165, 1.54) is 4.31 Å². The van der Waals surface area contributed by atoms with Crippen LogP contribution in [0, 0.1) is 0 Å². The van der Waals surface area contributed by atoms with Crippen LogP contribution in [0.1, 0.15) is 26.7 Å². The quantitative estimate of drug-likeness (QED) is 0.709. The van der Waals surface area contributed by atoms with Gasteiger partial charge in [-0.25, -0.2) is 12.7 Å². The highest BCUT2D eigenvalue weighted by Gasteiger charge is 2.32. The highest BCUT2D eigenvalue weighted by atomic mass is 32.2. The molecular weight excluding hydrogens is 266 g/mol. The van der Waals surface area contributed by atoms with Gasteiger partial charge >= 0.3 is 0 Å². The average Bonchev–Trinajstić information content (AvgIpc) is 2.78. The summed E-state index contributed by atoms with van der Waals surface area (Å²) >= 11 is 0. The molecule has 7 heteroatoms. The van der Waals surface area contributed by atoms with E-state index in [-0.39, 0.29) is 11.9 Å². The van der Waals surface area contributed by atoms with Crippen LogP contribution in [0.2, 0.25) is 0 Å². The highest BCUT2D eigenvalue weighted by Crippen LogP contribution is 2.17. The van der Waals surface area contributed by atoms with Crippen LogP contribution in [0.4, 0.5) is 0 Å². The second kappa shape index (κ2) is 7.21. The van der Waals surface area contributed by atoms with Crippen molar-refractivity contribution in [2.24, 2.45) is 0 Å². The summed E-state index contributed by atoms with van der Waals surface area (Å²) in [5.74, 6) is -0.681. The van der Waals surface area contributed by atoms with Crippen LogP contribution in [0.15, 0.2) is 0 Å². The topological polar surface area (TPSA) is 69.7 Å². The van der Waals surface area contributed by atoms with Gasteiger partial charge in [0.1, 0.15) is 5.75 Å². The summed E-state index contributed by atoms with van der Waals surface area (Å²) in [6.07, 6.45) is 1.89. The third-order valence-corrected chi connectivity index (χ3v) is 5.46. The Hall–Kier alpha value is -0.660. The van der Waals surface area contributed by atoms with E-state index in [0.717, 1.165) is 19.4 Å². The van der Waals surface area contributed by atoms with E-state index < -0.39 is 15.8 Å². The number of likely N-dealkylation sites (N-methyl/N-ethyl adjacent to an activating group) is 1. The molecule has 1 aliphatic heterocycles. The Morgan fingerprint density at radius 2 is 2.00 bits per heavy atom. The molecule has 1 atom stereocenters. The van der Waals surface area contributed by atoms with Crippen LogP contribution in [0.25, 0.3) is 0 Å². The molecule has 0 aromatic rings. The Bertz CT molecular complexity index is 393. The molecule has 1 fully saturated rings. The average molecular weight is 291 g/mol. The predicted molar refractivity (Wildman–Crippen MR) is 75.4 cm³/mol. The van der Waals surface area contributed by atoms with E-state index in [1.54, 1.807) is 18.7 Å². The van der Waals surface area contributed by atoms with Crippen molar-refractivity contribution in [1.29, 1.82) is 0 Å². The van der Waals surface area contributed by atoms with Gasteiger partial charge in [-0.2, -0.15) is 0 Å². The van der Waals surface area contributed by atoms with E-state index in [4.69, 9.17) is 0 Å². The van der Waals surface area contributed by atoms with Gasteiger partial charge in [0, 0.05) is 32.2 Å². The van der Waals surface area contributed by atoms with Crippen LogP contribution in [0.5, 0.6) is 0 Å². The molecule has 0 spiro atoms. The molecule has 0 aromatic heterocycles. The summed E-state index contributed by atoms with van der Waals surface area (Å²) in [5, 5.41) is 3.05. The second-order valence-electron chi connectivity index (χ2n) is 4.78. The first-order valence-electron chi connectivity index (χ1n) is 6.88. The molecule has 1 saturated heterocycles. The van der Waals surface area contributed by atoms with Gasteiger partial charge in [-0.15, -0.1) is 0 Å². The summed E-state index contributed by atoms with van der Waals surface area (Å²) in [5.41, 5.74) is 0. The van der Waals surface area contributed by atoms with Crippen LogP contribution < -0.4 is 5.32 Å². The van der Waals surface area contributed by atoms with Crippen molar-refractivity contribution in [3.63, 3.8) is 0 Å². The molecule has 1 rings (SSSR count). The number of likely N-dealkylation sites (tertiary alicyclic amines) is 1. The van der Waals surface area contributed by atoms with Crippen LogP contribution in [-0.4, -0.2) is 68.6 Å². The van der Waals surface area contributed by atoms with Crippen LogP contribution >= 0.6 is 0 Å². The number of amides is 1. The zero-order valence-electron chi connectivity index (χ0n) is 12.1. The zero-order chi connectivity index (χ0) is 14.5. The van der Waals surface area contributed by atoms with E-state index >= 15 is 0 Å². The monoisotopic (exact) mass is 291 g/mol.